The summed E-state index contributed by atoms with van der Waals surface area (Å²) >= 11 is 0. The van der Waals surface area contributed by atoms with Gasteiger partial charge in [-0.15, -0.1) is 0 Å². The molecule has 0 aliphatic carbocycles. The smallest absolute Gasteiger partial charge is 0.407 e. The lowest BCUT2D eigenvalue weighted by atomic mass is 9.98. The Morgan fingerprint density at radius 3 is 2.43 bits per heavy atom. The molecule has 0 aromatic heterocycles. The highest BCUT2D eigenvalue weighted by Crippen LogP contribution is 2.33. The van der Waals surface area contributed by atoms with Crippen LogP contribution in [0.15, 0.2) is 12.1 Å². The van der Waals surface area contributed by atoms with E-state index in [9.17, 15) is 9.59 Å². The number of rotatable bonds is 5. The van der Waals surface area contributed by atoms with E-state index in [1.807, 2.05) is 12.1 Å². The lowest BCUT2D eigenvalue weighted by Crippen LogP contribution is -2.42. The molecule has 7 nitrogen and oxygen atoms in total. The van der Waals surface area contributed by atoms with Crippen molar-refractivity contribution >= 4 is 12.0 Å². The Balaban J connectivity index is 2.02. The zero-order valence-electron chi connectivity index (χ0n) is 13.7. The van der Waals surface area contributed by atoms with Crippen LogP contribution in [0.4, 0.5) is 4.79 Å². The maximum atomic E-state index is 12.2. The molecule has 0 saturated carbocycles. The molecule has 1 heterocycles. The molecule has 1 aromatic carbocycles. The Morgan fingerprint density at radius 2 is 1.83 bits per heavy atom. The molecule has 7 heteroatoms. The van der Waals surface area contributed by atoms with Crippen molar-refractivity contribution < 1.29 is 23.8 Å². The van der Waals surface area contributed by atoms with Crippen LogP contribution in [0.2, 0.25) is 0 Å². The van der Waals surface area contributed by atoms with Gasteiger partial charge in [-0.2, -0.15) is 0 Å². The monoisotopic (exact) mass is 322 g/mol. The summed E-state index contributed by atoms with van der Waals surface area (Å²) in [6.45, 7) is 3.01. The van der Waals surface area contributed by atoms with Gasteiger partial charge in [0.05, 0.1) is 20.8 Å². The van der Waals surface area contributed by atoms with Crippen LogP contribution >= 0.6 is 0 Å². The molecule has 2 amide bonds. The van der Waals surface area contributed by atoms with Gasteiger partial charge in [-0.1, -0.05) is 0 Å². The van der Waals surface area contributed by atoms with Gasteiger partial charge in [-0.05, 0) is 36.6 Å². The number of hydrogen-bond donors (Lipinski definition) is 1. The summed E-state index contributed by atoms with van der Waals surface area (Å²) in [7, 11) is 3.18. The van der Waals surface area contributed by atoms with Gasteiger partial charge < -0.3 is 24.4 Å². The molecule has 0 unspecified atom stereocenters. The quantitative estimate of drug-likeness (QED) is 0.885. The number of methoxy groups -OCH3 is 2. The predicted molar refractivity (Wildman–Crippen MR) is 83.7 cm³/mol. The second-order valence-electron chi connectivity index (χ2n) is 5.12. The number of nitrogens with one attached hydrogen (secondary N) is 1. The van der Waals surface area contributed by atoms with E-state index in [0.717, 1.165) is 17.5 Å². The van der Waals surface area contributed by atoms with Crippen LogP contribution in [0.3, 0.4) is 0 Å². The van der Waals surface area contributed by atoms with E-state index in [1.165, 1.54) is 0 Å². The second kappa shape index (κ2) is 7.71. The average molecular weight is 322 g/mol. The molecule has 1 N–H and O–H groups in total. The third kappa shape index (κ3) is 4.06. The Bertz CT molecular complexity index is 588. The van der Waals surface area contributed by atoms with Gasteiger partial charge in [0.15, 0.2) is 11.5 Å². The summed E-state index contributed by atoms with van der Waals surface area (Å²) < 4.78 is 15.3. The topological polar surface area (TPSA) is 77.1 Å². The van der Waals surface area contributed by atoms with E-state index in [0.29, 0.717) is 24.6 Å². The Kier molecular flexibility index (Phi) is 5.67. The molecular formula is C16H22N2O5. The van der Waals surface area contributed by atoms with Crippen molar-refractivity contribution in [3.63, 3.8) is 0 Å². The van der Waals surface area contributed by atoms with Crippen molar-refractivity contribution in [2.24, 2.45) is 0 Å². The van der Waals surface area contributed by atoms with Crippen LogP contribution in [-0.2, 0) is 22.5 Å². The van der Waals surface area contributed by atoms with Crippen LogP contribution < -0.4 is 14.8 Å². The molecule has 0 saturated heterocycles. The minimum Gasteiger partial charge on any atom is -0.493 e. The largest absolute Gasteiger partial charge is 0.493 e. The molecule has 1 aromatic rings. The van der Waals surface area contributed by atoms with Crippen molar-refractivity contribution in [2.45, 2.75) is 19.9 Å². The van der Waals surface area contributed by atoms with Crippen LogP contribution in [0, 0.1) is 0 Å². The van der Waals surface area contributed by atoms with Gasteiger partial charge in [-0.3, -0.25) is 4.79 Å². The molecule has 23 heavy (non-hydrogen) atoms. The number of ether oxygens (including phenoxy) is 3. The molecule has 0 fully saturated rings. The second-order valence-corrected chi connectivity index (χ2v) is 5.12. The molecular weight excluding hydrogens is 300 g/mol. The number of amides is 2. The lowest BCUT2D eigenvalue weighted by molar-refractivity contribution is -0.131. The number of nitrogens with zero attached hydrogens (tertiary/aromatic N) is 1. The maximum Gasteiger partial charge on any atom is 0.407 e. The van der Waals surface area contributed by atoms with Crippen molar-refractivity contribution in [3.05, 3.63) is 23.3 Å². The van der Waals surface area contributed by atoms with Gasteiger partial charge in [0.1, 0.15) is 6.54 Å². The molecule has 0 atom stereocenters. The first kappa shape index (κ1) is 16.9. The van der Waals surface area contributed by atoms with E-state index in [1.54, 1.807) is 26.0 Å². The third-order valence-electron chi connectivity index (χ3n) is 3.73. The molecule has 2 rings (SSSR count). The summed E-state index contributed by atoms with van der Waals surface area (Å²) in [5.41, 5.74) is 2.17. The van der Waals surface area contributed by atoms with Crippen molar-refractivity contribution in [2.75, 3.05) is 33.9 Å². The normalized spacial score (nSPS) is 13.1. The van der Waals surface area contributed by atoms with Gasteiger partial charge in [0, 0.05) is 13.1 Å². The highest BCUT2D eigenvalue weighted by atomic mass is 16.5. The molecule has 0 bridgehead atoms. The lowest BCUT2D eigenvalue weighted by Gasteiger charge is -2.29. The number of alkyl carbamates (subject to hydrolysis) is 1. The highest BCUT2D eigenvalue weighted by molar-refractivity contribution is 5.82. The van der Waals surface area contributed by atoms with E-state index in [4.69, 9.17) is 14.2 Å². The van der Waals surface area contributed by atoms with Crippen LogP contribution in [0.5, 0.6) is 11.5 Å². The van der Waals surface area contributed by atoms with Crippen molar-refractivity contribution in [1.29, 1.82) is 0 Å². The Labute approximate surface area is 135 Å². The van der Waals surface area contributed by atoms with Gasteiger partial charge in [-0.25, -0.2) is 4.79 Å². The zero-order valence-corrected chi connectivity index (χ0v) is 13.7. The minimum absolute atomic E-state index is 0.0680. The average Bonchev–Trinajstić information content (AvgIpc) is 2.58. The highest BCUT2D eigenvalue weighted by Gasteiger charge is 2.23. The molecule has 1 aliphatic rings. The first-order valence-electron chi connectivity index (χ1n) is 7.51. The van der Waals surface area contributed by atoms with Crippen molar-refractivity contribution in [1.82, 2.24) is 10.2 Å². The van der Waals surface area contributed by atoms with E-state index < -0.39 is 6.09 Å². The number of benzene rings is 1. The first-order chi connectivity index (χ1) is 11.1. The van der Waals surface area contributed by atoms with Crippen LogP contribution in [0.25, 0.3) is 0 Å². The molecule has 1 aliphatic heterocycles. The zero-order chi connectivity index (χ0) is 16.8. The Hall–Kier alpha value is -2.44. The van der Waals surface area contributed by atoms with E-state index in [2.05, 4.69) is 5.32 Å². The first-order valence-corrected chi connectivity index (χ1v) is 7.51. The van der Waals surface area contributed by atoms with Gasteiger partial charge >= 0.3 is 6.09 Å². The summed E-state index contributed by atoms with van der Waals surface area (Å²) in [5, 5.41) is 2.45. The van der Waals surface area contributed by atoms with Crippen molar-refractivity contribution in [3.8, 4) is 11.5 Å². The fraction of sp³-hybridized carbons (Fsp3) is 0.500. The molecule has 126 valence electrons. The molecule has 0 spiro atoms. The van der Waals surface area contributed by atoms with Crippen LogP contribution in [-0.4, -0.2) is 50.8 Å². The predicted octanol–water partition coefficient (Wildman–Crippen LogP) is 1.33. The molecule has 0 radical (unpaired) electrons. The minimum atomic E-state index is -0.579. The number of carbonyl (C=O) groups excluding carboxylic acids is 2. The standard InChI is InChI=1S/C16H22N2O5/c1-4-23-16(20)17-9-15(19)18-6-5-11-7-13(21-2)14(22-3)8-12(11)10-18/h7-8H,4-6,9-10H2,1-3H3,(H,17,20). The van der Waals surface area contributed by atoms with Gasteiger partial charge in [0.2, 0.25) is 5.91 Å². The summed E-state index contributed by atoms with van der Waals surface area (Å²) in [4.78, 5) is 25.2. The summed E-state index contributed by atoms with van der Waals surface area (Å²) in [6.07, 6.45) is 0.158. The fourth-order valence-corrected chi connectivity index (χ4v) is 2.54. The van der Waals surface area contributed by atoms with Gasteiger partial charge in [0.25, 0.3) is 0 Å². The summed E-state index contributed by atoms with van der Waals surface area (Å²) in [5.74, 6) is 1.19. The number of carbonyl (C=O) groups is 2. The third-order valence-corrected chi connectivity index (χ3v) is 3.73. The maximum absolute atomic E-state index is 12.2. The SMILES string of the molecule is CCOC(=O)NCC(=O)N1CCc2cc(OC)c(OC)cc2C1. The fourth-order valence-electron chi connectivity index (χ4n) is 2.54. The van der Waals surface area contributed by atoms with Crippen LogP contribution in [0.1, 0.15) is 18.1 Å². The van der Waals surface area contributed by atoms with E-state index in [-0.39, 0.29) is 19.1 Å². The Morgan fingerprint density at radius 1 is 1.17 bits per heavy atom. The number of fused-ring (bicyclic) bond motifs is 1. The van der Waals surface area contributed by atoms with E-state index >= 15 is 0 Å². The summed E-state index contributed by atoms with van der Waals surface area (Å²) in [6, 6.07) is 3.85. The number of hydrogen-bond acceptors (Lipinski definition) is 5.